The summed E-state index contributed by atoms with van der Waals surface area (Å²) in [5.74, 6) is -1.96. The van der Waals surface area contributed by atoms with Crippen molar-refractivity contribution in [1.29, 1.82) is 0 Å². The number of thioether (sulfide) groups is 1. The van der Waals surface area contributed by atoms with Gasteiger partial charge in [0.2, 0.25) is 11.8 Å². The molecule has 4 heterocycles. The summed E-state index contributed by atoms with van der Waals surface area (Å²) in [6, 6.07) is 15.5. The van der Waals surface area contributed by atoms with Gasteiger partial charge < -0.3 is 19.8 Å². The van der Waals surface area contributed by atoms with Crippen LogP contribution in [0.25, 0.3) is 0 Å². The molecule has 214 valence electrons. The van der Waals surface area contributed by atoms with Crippen LogP contribution in [0.15, 0.2) is 78.9 Å². The maximum Gasteiger partial charge on any atom is 0.251 e. The number of halogens is 1. The van der Waals surface area contributed by atoms with Gasteiger partial charge in [0.25, 0.3) is 5.91 Å². The molecule has 2 saturated heterocycles. The Morgan fingerprint density at radius 2 is 1.71 bits per heavy atom. The van der Waals surface area contributed by atoms with Crippen LogP contribution in [-0.2, 0) is 20.9 Å². The molecule has 2 aromatic rings. The van der Waals surface area contributed by atoms with Gasteiger partial charge in [-0.15, -0.1) is 11.8 Å². The Kier molecular flexibility index (Phi) is 7.51. The van der Waals surface area contributed by atoms with E-state index in [0.29, 0.717) is 30.3 Å². The number of hydrogen-bond donors (Lipinski definition) is 1. The second kappa shape index (κ2) is 11.0. The highest BCUT2D eigenvalue weighted by molar-refractivity contribution is 8.02. The number of amides is 3. The number of carbonyl (C=O) groups excluding carboxylic acids is 3. The molecule has 2 fully saturated rings. The second-order valence-corrected chi connectivity index (χ2v) is 13.5. The lowest BCUT2D eigenvalue weighted by atomic mass is 9.78. The van der Waals surface area contributed by atoms with Crippen LogP contribution in [0.4, 0.5) is 5.69 Å². The van der Waals surface area contributed by atoms with Crippen molar-refractivity contribution >= 4 is 46.8 Å². The van der Waals surface area contributed by atoms with Crippen LogP contribution in [0, 0.1) is 17.8 Å². The second-order valence-electron chi connectivity index (χ2n) is 11.5. The number of hydrogen-bond acceptors (Lipinski definition) is 5. The first-order valence-corrected chi connectivity index (χ1v) is 15.4. The number of likely N-dealkylation sites (tertiary alicyclic amines) is 1. The zero-order chi connectivity index (χ0) is 28.9. The monoisotopic (exact) mass is 591 g/mol. The van der Waals surface area contributed by atoms with Crippen LogP contribution < -0.4 is 4.90 Å². The predicted molar refractivity (Wildman–Crippen MR) is 161 cm³/mol. The first-order valence-electron chi connectivity index (χ1n) is 14.1. The number of anilines is 1. The third-order valence-corrected chi connectivity index (χ3v) is 10.8. The fraction of sp³-hybridized carbons (Fsp3) is 0.406. The number of benzene rings is 2. The third kappa shape index (κ3) is 4.60. The molecule has 7 nitrogen and oxygen atoms in total. The number of aliphatic hydroxyl groups is 1. The molecule has 6 atom stereocenters. The largest absolute Gasteiger partial charge is 0.394 e. The number of fused-ring (bicyclic) bond motifs is 2. The lowest BCUT2D eigenvalue weighted by molar-refractivity contribution is -0.145. The summed E-state index contributed by atoms with van der Waals surface area (Å²) in [4.78, 5) is 48.5. The molecule has 0 aromatic heterocycles. The SMILES string of the molecule is CC(C)[C@H](CO)N1C(=O)[C@@H]2[C@@H]3C(=O)N(Cc4ccccc4)CC=C[C@@H]3S[C@@]23C=CCN(c2ccc(Cl)cc2)C(=O)C13. The van der Waals surface area contributed by atoms with Crippen molar-refractivity contribution in [3.8, 4) is 0 Å². The first kappa shape index (κ1) is 28.1. The lowest BCUT2D eigenvalue weighted by Crippen LogP contribution is -2.57. The molecule has 0 radical (unpaired) electrons. The molecule has 41 heavy (non-hydrogen) atoms. The van der Waals surface area contributed by atoms with E-state index in [9.17, 15) is 19.5 Å². The van der Waals surface area contributed by atoms with Gasteiger partial charge >= 0.3 is 0 Å². The van der Waals surface area contributed by atoms with Crippen molar-refractivity contribution in [2.45, 2.75) is 42.5 Å². The Labute approximate surface area is 249 Å². The van der Waals surface area contributed by atoms with Crippen molar-refractivity contribution in [3.05, 3.63) is 89.5 Å². The summed E-state index contributed by atoms with van der Waals surface area (Å²) in [6.07, 6.45) is 8.02. The van der Waals surface area contributed by atoms with E-state index in [-0.39, 0.29) is 35.5 Å². The zero-order valence-corrected chi connectivity index (χ0v) is 24.7. The van der Waals surface area contributed by atoms with Crippen LogP contribution in [0.1, 0.15) is 19.4 Å². The van der Waals surface area contributed by atoms with Gasteiger partial charge in [-0.2, -0.15) is 0 Å². The molecule has 4 aliphatic rings. The van der Waals surface area contributed by atoms with Crippen molar-refractivity contribution in [2.75, 3.05) is 24.6 Å². The summed E-state index contributed by atoms with van der Waals surface area (Å²) in [7, 11) is 0. The molecule has 2 aromatic carbocycles. The average Bonchev–Trinajstić information content (AvgIpc) is 3.28. The predicted octanol–water partition coefficient (Wildman–Crippen LogP) is 4.16. The maximum absolute atomic E-state index is 14.6. The lowest BCUT2D eigenvalue weighted by Gasteiger charge is -2.39. The van der Waals surface area contributed by atoms with Gasteiger partial charge in [0.15, 0.2) is 0 Å². The molecule has 6 rings (SSSR count). The van der Waals surface area contributed by atoms with E-state index in [1.807, 2.05) is 73.4 Å². The summed E-state index contributed by atoms with van der Waals surface area (Å²) in [5, 5.41) is 10.8. The number of rotatable bonds is 6. The molecule has 0 saturated carbocycles. The molecule has 1 unspecified atom stereocenters. The Morgan fingerprint density at radius 3 is 2.39 bits per heavy atom. The highest BCUT2D eigenvalue weighted by Crippen LogP contribution is 2.61. The zero-order valence-electron chi connectivity index (χ0n) is 23.1. The van der Waals surface area contributed by atoms with E-state index in [2.05, 4.69) is 0 Å². The maximum atomic E-state index is 14.6. The average molecular weight is 592 g/mol. The van der Waals surface area contributed by atoms with Gasteiger partial charge in [0, 0.05) is 35.6 Å². The van der Waals surface area contributed by atoms with Crippen LogP contribution in [-0.4, -0.2) is 74.4 Å². The van der Waals surface area contributed by atoms with E-state index >= 15 is 0 Å². The quantitative estimate of drug-likeness (QED) is 0.511. The number of aliphatic hydroxyl groups excluding tert-OH is 1. The molecule has 0 aliphatic carbocycles. The molecule has 4 aliphatic heterocycles. The number of carbonyl (C=O) groups is 3. The minimum Gasteiger partial charge on any atom is -0.394 e. The third-order valence-electron chi connectivity index (χ3n) is 8.85. The van der Waals surface area contributed by atoms with E-state index in [4.69, 9.17) is 11.6 Å². The Balaban J connectivity index is 1.44. The summed E-state index contributed by atoms with van der Waals surface area (Å²) in [6.45, 7) is 4.86. The van der Waals surface area contributed by atoms with Crippen molar-refractivity contribution in [3.63, 3.8) is 0 Å². The Morgan fingerprint density at radius 1 is 0.976 bits per heavy atom. The molecule has 1 spiro atoms. The van der Waals surface area contributed by atoms with Crippen LogP contribution >= 0.6 is 23.4 Å². The number of nitrogens with zero attached hydrogens (tertiary/aromatic N) is 3. The van der Waals surface area contributed by atoms with Crippen LogP contribution in [0.2, 0.25) is 5.02 Å². The smallest absolute Gasteiger partial charge is 0.251 e. The molecule has 3 amide bonds. The van der Waals surface area contributed by atoms with E-state index in [0.717, 1.165) is 5.56 Å². The molecular weight excluding hydrogens is 558 g/mol. The van der Waals surface area contributed by atoms with E-state index < -0.39 is 28.7 Å². The van der Waals surface area contributed by atoms with E-state index in [1.54, 1.807) is 45.8 Å². The summed E-state index contributed by atoms with van der Waals surface area (Å²) < 4.78 is -0.942. The van der Waals surface area contributed by atoms with Crippen molar-refractivity contribution in [1.82, 2.24) is 9.80 Å². The van der Waals surface area contributed by atoms with Crippen molar-refractivity contribution in [2.24, 2.45) is 17.8 Å². The van der Waals surface area contributed by atoms with Gasteiger partial charge in [-0.1, -0.05) is 80.1 Å². The van der Waals surface area contributed by atoms with Gasteiger partial charge in [-0.3, -0.25) is 14.4 Å². The highest BCUT2D eigenvalue weighted by atomic mass is 35.5. The molecule has 9 heteroatoms. The molecular formula is C32H34ClN3O4S. The van der Waals surface area contributed by atoms with Crippen LogP contribution in [0.5, 0.6) is 0 Å². The van der Waals surface area contributed by atoms with Crippen molar-refractivity contribution < 1.29 is 19.5 Å². The highest BCUT2D eigenvalue weighted by Gasteiger charge is 2.72. The fourth-order valence-electron chi connectivity index (χ4n) is 6.90. The minimum atomic E-state index is -0.942. The van der Waals surface area contributed by atoms with Crippen LogP contribution in [0.3, 0.4) is 0 Å². The van der Waals surface area contributed by atoms with E-state index in [1.165, 1.54) is 0 Å². The van der Waals surface area contributed by atoms with Gasteiger partial charge in [-0.05, 0) is 35.7 Å². The Bertz CT molecular complexity index is 1400. The van der Waals surface area contributed by atoms with Gasteiger partial charge in [-0.25, -0.2) is 0 Å². The standard InChI is InChI=1S/C32H34ClN3O4S/c1-20(2)24(19-37)36-28-31(40)35(23-13-11-22(33)12-14-23)17-7-15-32(28)27(30(36)39)26-25(41-32)10-6-16-34(29(26)38)18-21-8-4-3-5-9-21/h3-15,20,24-28,37H,16-19H2,1-2H3/t24-,25-,26+,27-,28?,32-/m0/s1. The Hall–Kier alpha value is -3.07. The normalized spacial score (nSPS) is 29.9. The van der Waals surface area contributed by atoms with Gasteiger partial charge in [0.05, 0.1) is 29.2 Å². The topological polar surface area (TPSA) is 81.2 Å². The van der Waals surface area contributed by atoms with Gasteiger partial charge in [0.1, 0.15) is 6.04 Å². The minimum absolute atomic E-state index is 0.0723. The summed E-state index contributed by atoms with van der Waals surface area (Å²) in [5.41, 5.74) is 1.71. The molecule has 0 bridgehead atoms. The first-order chi connectivity index (χ1) is 19.8. The fourth-order valence-corrected chi connectivity index (χ4v) is 9.02. The summed E-state index contributed by atoms with van der Waals surface area (Å²) >= 11 is 7.69. The molecule has 1 N–H and O–H groups in total.